The molecule has 1 aliphatic carbocycles. The molecule has 4 nitrogen and oxygen atoms in total. The van der Waals surface area contributed by atoms with Crippen LogP contribution in [0.2, 0.25) is 0 Å². The van der Waals surface area contributed by atoms with Crippen molar-refractivity contribution in [3.05, 3.63) is 34.9 Å². The molecule has 4 heteroatoms. The summed E-state index contributed by atoms with van der Waals surface area (Å²) in [6, 6.07) is 5.47. The van der Waals surface area contributed by atoms with Gasteiger partial charge in [0.05, 0.1) is 18.8 Å². The molecule has 94 valence electrons. The molecule has 0 unspecified atom stereocenters. The van der Waals surface area contributed by atoms with Gasteiger partial charge in [-0.25, -0.2) is 4.98 Å². The molecule has 0 bridgehead atoms. The molecule has 2 aromatic rings. The van der Waals surface area contributed by atoms with Crippen molar-refractivity contribution in [2.24, 2.45) is 0 Å². The fourth-order valence-corrected chi connectivity index (χ4v) is 2.60. The third-order valence-electron chi connectivity index (χ3n) is 3.98. The largest absolute Gasteiger partial charge is 0.494 e. The number of ether oxygens (including phenoxy) is 1. The molecule has 0 aliphatic heterocycles. The summed E-state index contributed by atoms with van der Waals surface area (Å²) >= 11 is 0. The van der Waals surface area contributed by atoms with Crippen LogP contribution >= 0.6 is 0 Å². The Kier molecular flexibility index (Phi) is 2.40. The third kappa shape index (κ3) is 1.45. The lowest BCUT2D eigenvalue weighted by Gasteiger charge is -2.39. The standard InChI is InChI=1S/C14H16N2O2/c1-14(7-4-8-14)16-9-15-12-10(13(16)17)5-3-6-11(12)18-2/h3,5-6,9H,4,7-8H2,1-2H3. The number of rotatable bonds is 2. The van der Waals surface area contributed by atoms with Crippen molar-refractivity contribution in [3.63, 3.8) is 0 Å². The van der Waals surface area contributed by atoms with E-state index in [1.54, 1.807) is 18.0 Å². The van der Waals surface area contributed by atoms with Crippen molar-refractivity contribution in [1.29, 1.82) is 0 Å². The van der Waals surface area contributed by atoms with Gasteiger partial charge >= 0.3 is 0 Å². The maximum Gasteiger partial charge on any atom is 0.261 e. The second kappa shape index (κ2) is 3.83. The number of methoxy groups -OCH3 is 1. The van der Waals surface area contributed by atoms with Gasteiger partial charge in [-0.05, 0) is 38.3 Å². The van der Waals surface area contributed by atoms with Crippen LogP contribution in [0.5, 0.6) is 5.75 Å². The number of hydrogen-bond acceptors (Lipinski definition) is 3. The van der Waals surface area contributed by atoms with E-state index in [4.69, 9.17) is 4.74 Å². The lowest BCUT2D eigenvalue weighted by Crippen LogP contribution is -2.43. The molecule has 0 radical (unpaired) electrons. The van der Waals surface area contributed by atoms with Gasteiger partial charge in [0, 0.05) is 5.54 Å². The molecule has 3 rings (SSSR count). The van der Waals surface area contributed by atoms with E-state index in [2.05, 4.69) is 11.9 Å². The van der Waals surface area contributed by atoms with E-state index in [1.807, 2.05) is 18.2 Å². The van der Waals surface area contributed by atoms with Crippen LogP contribution in [0, 0.1) is 0 Å². The fraction of sp³-hybridized carbons (Fsp3) is 0.429. The summed E-state index contributed by atoms with van der Waals surface area (Å²) in [7, 11) is 1.59. The molecule has 1 fully saturated rings. The van der Waals surface area contributed by atoms with Crippen LogP contribution in [-0.2, 0) is 5.54 Å². The van der Waals surface area contributed by atoms with Gasteiger partial charge in [0.2, 0.25) is 0 Å². The predicted octanol–water partition coefficient (Wildman–Crippen LogP) is 2.30. The predicted molar refractivity (Wildman–Crippen MR) is 70.1 cm³/mol. The highest BCUT2D eigenvalue weighted by molar-refractivity contribution is 5.83. The van der Waals surface area contributed by atoms with Crippen molar-refractivity contribution in [1.82, 2.24) is 9.55 Å². The smallest absolute Gasteiger partial charge is 0.261 e. The van der Waals surface area contributed by atoms with E-state index in [-0.39, 0.29) is 11.1 Å². The van der Waals surface area contributed by atoms with Crippen LogP contribution in [0.25, 0.3) is 10.9 Å². The summed E-state index contributed by atoms with van der Waals surface area (Å²) in [6.45, 7) is 2.12. The average Bonchev–Trinajstić information content (AvgIpc) is 2.36. The topological polar surface area (TPSA) is 44.1 Å². The van der Waals surface area contributed by atoms with Crippen LogP contribution in [0.1, 0.15) is 26.2 Å². The first-order valence-electron chi connectivity index (χ1n) is 6.20. The van der Waals surface area contributed by atoms with Crippen molar-refractivity contribution in [2.45, 2.75) is 31.7 Å². The second-order valence-corrected chi connectivity index (χ2v) is 5.13. The molecule has 1 aliphatic rings. The first-order chi connectivity index (χ1) is 8.65. The molecule has 1 aromatic heterocycles. The number of hydrogen-bond donors (Lipinski definition) is 0. The zero-order chi connectivity index (χ0) is 12.8. The molecule has 0 atom stereocenters. The molecule has 0 saturated heterocycles. The van der Waals surface area contributed by atoms with E-state index in [9.17, 15) is 4.79 Å². The molecule has 0 amide bonds. The number of fused-ring (bicyclic) bond motifs is 1. The van der Waals surface area contributed by atoms with Crippen molar-refractivity contribution < 1.29 is 4.74 Å². The number of benzene rings is 1. The number of aromatic nitrogens is 2. The molecule has 18 heavy (non-hydrogen) atoms. The summed E-state index contributed by atoms with van der Waals surface area (Å²) < 4.78 is 7.01. The van der Waals surface area contributed by atoms with Crippen molar-refractivity contribution in [3.8, 4) is 5.75 Å². The number of para-hydroxylation sites is 1. The van der Waals surface area contributed by atoms with E-state index in [0.29, 0.717) is 16.7 Å². The summed E-state index contributed by atoms with van der Waals surface area (Å²) in [5.41, 5.74) is 0.617. The minimum absolute atomic E-state index is 0.0288. The van der Waals surface area contributed by atoms with E-state index in [0.717, 1.165) is 12.8 Å². The normalized spacial score (nSPS) is 17.4. The Morgan fingerprint density at radius 1 is 1.39 bits per heavy atom. The second-order valence-electron chi connectivity index (χ2n) is 5.13. The van der Waals surface area contributed by atoms with E-state index in [1.165, 1.54) is 6.42 Å². The number of nitrogens with zero attached hydrogens (tertiary/aromatic N) is 2. The van der Waals surface area contributed by atoms with E-state index < -0.39 is 0 Å². The summed E-state index contributed by atoms with van der Waals surface area (Å²) in [4.78, 5) is 16.9. The molecular weight excluding hydrogens is 228 g/mol. The molecule has 1 aromatic carbocycles. The maximum atomic E-state index is 12.5. The highest BCUT2D eigenvalue weighted by Gasteiger charge is 2.34. The molecule has 0 N–H and O–H groups in total. The van der Waals surface area contributed by atoms with E-state index >= 15 is 0 Å². The Labute approximate surface area is 105 Å². The minimum Gasteiger partial charge on any atom is -0.494 e. The Bertz CT molecular complexity index is 656. The first kappa shape index (κ1) is 11.3. The summed E-state index contributed by atoms with van der Waals surface area (Å²) in [5, 5.41) is 0.630. The zero-order valence-corrected chi connectivity index (χ0v) is 10.6. The Morgan fingerprint density at radius 2 is 2.17 bits per heavy atom. The highest BCUT2D eigenvalue weighted by Crippen LogP contribution is 2.37. The van der Waals surface area contributed by atoms with Crippen LogP contribution in [0.15, 0.2) is 29.3 Å². The molecule has 0 spiro atoms. The van der Waals surface area contributed by atoms with Crippen LogP contribution in [-0.4, -0.2) is 16.7 Å². The monoisotopic (exact) mass is 244 g/mol. The van der Waals surface area contributed by atoms with Gasteiger partial charge in [-0.3, -0.25) is 9.36 Å². The Hall–Kier alpha value is -1.84. The summed E-state index contributed by atoms with van der Waals surface area (Å²) in [6.07, 6.45) is 4.93. The van der Waals surface area contributed by atoms with Gasteiger partial charge in [0.25, 0.3) is 5.56 Å². The Morgan fingerprint density at radius 3 is 2.78 bits per heavy atom. The van der Waals surface area contributed by atoms with Gasteiger partial charge in [0.15, 0.2) is 0 Å². The SMILES string of the molecule is COc1cccc2c(=O)n(C3(C)CCC3)cnc12. The minimum atomic E-state index is -0.0542. The fourth-order valence-electron chi connectivity index (χ4n) is 2.60. The quantitative estimate of drug-likeness (QED) is 0.814. The third-order valence-corrected chi connectivity index (χ3v) is 3.98. The molecule has 1 heterocycles. The molecule has 1 saturated carbocycles. The van der Waals surface area contributed by atoms with Crippen molar-refractivity contribution >= 4 is 10.9 Å². The summed E-state index contributed by atoms with van der Waals surface area (Å²) in [5.74, 6) is 0.649. The van der Waals surface area contributed by atoms with Gasteiger partial charge in [-0.15, -0.1) is 0 Å². The van der Waals surface area contributed by atoms with Crippen LogP contribution < -0.4 is 10.3 Å². The van der Waals surface area contributed by atoms with Gasteiger partial charge in [0.1, 0.15) is 11.3 Å². The average molecular weight is 244 g/mol. The van der Waals surface area contributed by atoms with Crippen LogP contribution in [0.3, 0.4) is 0 Å². The first-order valence-corrected chi connectivity index (χ1v) is 6.20. The molecular formula is C14H16N2O2. The van der Waals surface area contributed by atoms with Crippen LogP contribution in [0.4, 0.5) is 0 Å². The highest BCUT2D eigenvalue weighted by atomic mass is 16.5. The van der Waals surface area contributed by atoms with Gasteiger partial charge < -0.3 is 4.74 Å². The lowest BCUT2D eigenvalue weighted by atomic mass is 9.78. The maximum absolute atomic E-state index is 12.5. The van der Waals surface area contributed by atoms with Gasteiger partial charge in [-0.2, -0.15) is 0 Å². The zero-order valence-electron chi connectivity index (χ0n) is 10.6. The van der Waals surface area contributed by atoms with Crippen molar-refractivity contribution in [2.75, 3.05) is 7.11 Å². The Balaban J connectivity index is 2.27. The lowest BCUT2D eigenvalue weighted by molar-refractivity contribution is 0.162. The van der Waals surface area contributed by atoms with Gasteiger partial charge in [-0.1, -0.05) is 6.07 Å².